The van der Waals surface area contributed by atoms with Crippen molar-refractivity contribution >= 4 is 11.3 Å². The van der Waals surface area contributed by atoms with E-state index in [9.17, 15) is 0 Å². The molecular weight excluding hydrogens is 202 g/mol. The molecule has 0 radical (unpaired) electrons. The third kappa shape index (κ3) is 1.31. The molecule has 1 nitrogen and oxygen atoms in total. The molecule has 0 aromatic carbocycles. The molecular formula is C13H19NS. The van der Waals surface area contributed by atoms with Crippen LogP contribution in [0.15, 0.2) is 11.4 Å². The van der Waals surface area contributed by atoms with E-state index >= 15 is 0 Å². The lowest BCUT2D eigenvalue weighted by Crippen LogP contribution is -2.53. The van der Waals surface area contributed by atoms with Crippen molar-refractivity contribution in [2.45, 2.75) is 44.6 Å². The largest absolute Gasteiger partial charge is 0.307 e. The summed E-state index contributed by atoms with van der Waals surface area (Å²) in [5.74, 6) is 0.899. The summed E-state index contributed by atoms with van der Waals surface area (Å²) in [6.45, 7) is 3.52. The van der Waals surface area contributed by atoms with Gasteiger partial charge in [0.05, 0.1) is 0 Å². The average molecular weight is 221 g/mol. The maximum absolute atomic E-state index is 3.83. The van der Waals surface area contributed by atoms with Gasteiger partial charge in [0.1, 0.15) is 0 Å². The molecule has 15 heavy (non-hydrogen) atoms. The lowest BCUT2D eigenvalue weighted by Gasteiger charge is -2.48. The molecule has 1 unspecified atom stereocenters. The Kier molecular flexibility index (Phi) is 2.37. The molecule has 1 fully saturated rings. The first-order valence-corrected chi connectivity index (χ1v) is 7.06. The molecule has 2 heterocycles. The van der Waals surface area contributed by atoms with Crippen molar-refractivity contribution in [1.29, 1.82) is 0 Å². The summed E-state index contributed by atoms with van der Waals surface area (Å²) in [6.07, 6.45) is 6.78. The molecule has 82 valence electrons. The topological polar surface area (TPSA) is 12.0 Å². The van der Waals surface area contributed by atoms with Crippen LogP contribution in [-0.4, -0.2) is 6.54 Å². The van der Waals surface area contributed by atoms with Gasteiger partial charge in [0.2, 0.25) is 0 Å². The average Bonchev–Trinajstić information content (AvgIpc) is 2.64. The number of thiophene rings is 1. The molecule has 0 bridgehead atoms. The molecule has 1 N–H and O–H groups in total. The predicted octanol–water partition coefficient (Wildman–Crippen LogP) is 3.30. The second-order valence-electron chi connectivity index (χ2n) is 4.89. The molecule has 0 spiro atoms. The lowest BCUT2D eigenvalue weighted by molar-refractivity contribution is 0.114. The normalized spacial score (nSPS) is 31.0. The van der Waals surface area contributed by atoms with E-state index in [1.807, 2.05) is 11.3 Å². The van der Waals surface area contributed by atoms with Crippen LogP contribution in [0.3, 0.4) is 0 Å². The highest BCUT2D eigenvalue weighted by Gasteiger charge is 2.44. The number of hydrogen-bond acceptors (Lipinski definition) is 2. The van der Waals surface area contributed by atoms with Gasteiger partial charge in [0.25, 0.3) is 0 Å². The summed E-state index contributed by atoms with van der Waals surface area (Å²) in [6, 6.07) is 2.37. The highest BCUT2D eigenvalue weighted by molar-refractivity contribution is 7.10. The van der Waals surface area contributed by atoms with Crippen molar-refractivity contribution in [2.75, 3.05) is 6.54 Å². The Bertz CT molecular complexity index is 353. The maximum Gasteiger partial charge on any atom is 0.0471 e. The molecule has 1 aromatic rings. The molecule has 2 heteroatoms. The first-order valence-electron chi connectivity index (χ1n) is 6.18. The summed E-state index contributed by atoms with van der Waals surface area (Å²) in [4.78, 5) is 1.64. The van der Waals surface area contributed by atoms with Gasteiger partial charge >= 0.3 is 0 Å². The molecule has 1 aliphatic heterocycles. The van der Waals surface area contributed by atoms with Crippen LogP contribution < -0.4 is 5.32 Å². The summed E-state index contributed by atoms with van der Waals surface area (Å²) < 4.78 is 0. The highest BCUT2D eigenvalue weighted by atomic mass is 32.1. The molecule has 1 saturated carbocycles. The second kappa shape index (κ2) is 3.60. The van der Waals surface area contributed by atoms with Crippen LogP contribution in [0.5, 0.6) is 0 Å². The molecule has 2 aliphatic rings. The van der Waals surface area contributed by atoms with Crippen molar-refractivity contribution in [3.8, 4) is 0 Å². The monoisotopic (exact) mass is 221 g/mol. The Morgan fingerprint density at radius 1 is 1.53 bits per heavy atom. The smallest absolute Gasteiger partial charge is 0.0471 e. The van der Waals surface area contributed by atoms with Crippen molar-refractivity contribution in [1.82, 2.24) is 5.32 Å². The molecule has 3 rings (SSSR count). The fourth-order valence-electron chi connectivity index (χ4n) is 3.30. The minimum atomic E-state index is 0.339. The number of fused-ring (bicyclic) bond motifs is 1. The first kappa shape index (κ1) is 9.86. The van der Waals surface area contributed by atoms with E-state index in [2.05, 4.69) is 23.7 Å². The van der Waals surface area contributed by atoms with Gasteiger partial charge in [-0.3, -0.25) is 0 Å². The molecule has 1 aromatic heterocycles. The van der Waals surface area contributed by atoms with Crippen LogP contribution in [0.2, 0.25) is 0 Å². The van der Waals surface area contributed by atoms with Gasteiger partial charge in [-0.25, -0.2) is 0 Å². The van der Waals surface area contributed by atoms with Gasteiger partial charge in [-0.15, -0.1) is 11.3 Å². The van der Waals surface area contributed by atoms with Crippen LogP contribution in [0, 0.1) is 5.92 Å². The Morgan fingerprint density at radius 2 is 2.40 bits per heavy atom. The van der Waals surface area contributed by atoms with E-state index in [4.69, 9.17) is 0 Å². The fraction of sp³-hybridized carbons (Fsp3) is 0.692. The zero-order valence-corrected chi connectivity index (χ0v) is 10.2. The molecule has 1 atom stereocenters. The summed E-state index contributed by atoms with van der Waals surface area (Å²) in [5, 5.41) is 6.11. The molecule has 0 saturated heterocycles. The van der Waals surface area contributed by atoms with Crippen LogP contribution >= 0.6 is 11.3 Å². The number of rotatable bonds is 2. The Balaban J connectivity index is 2.03. The standard InChI is InChI=1S/C13H19NS/c1-2-13(10-4-3-5-10)11-7-9-15-12(11)6-8-14-13/h7,9-10,14H,2-6,8H2,1H3. The van der Waals surface area contributed by atoms with Gasteiger partial charge < -0.3 is 5.32 Å². The van der Waals surface area contributed by atoms with Gasteiger partial charge in [-0.1, -0.05) is 13.3 Å². The number of hydrogen-bond donors (Lipinski definition) is 1. The van der Waals surface area contributed by atoms with Crippen molar-refractivity contribution in [3.05, 3.63) is 21.9 Å². The van der Waals surface area contributed by atoms with E-state index in [-0.39, 0.29) is 0 Å². The molecule has 1 aliphatic carbocycles. The molecule has 0 amide bonds. The van der Waals surface area contributed by atoms with Gasteiger partial charge in [0, 0.05) is 17.0 Å². The predicted molar refractivity (Wildman–Crippen MR) is 65.3 cm³/mol. The fourth-order valence-corrected chi connectivity index (χ4v) is 4.26. The van der Waals surface area contributed by atoms with Gasteiger partial charge in [-0.05, 0) is 48.6 Å². The lowest BCUT2D eigenvalue weighted by atomic mass is 9.65. The Morgan fingerprint density at radius 3 is 3.07 bits per heavy atom. The SMILES string of the molecule is CCC1(C2CCC2)NCCc2sccc21. The Hall–Kier alpha value is -0.340. The van der Waals surface area contributed by atoms with E-state index in [1.165, 1.54) is 38.6 Å². The van der Waals surface area contributed by atoms with Crippen molar-refractivity contribution in [3.63, 3.8) is 0 Å². The van der Waals surface area contributed by atoms with Crippen molar-refractivity contribution in [2.24, 2.45) is 5.92 Å². The highest BCUT2D eigenvalue weighted by Crippen LogP contribution is 2.47. The van der Waals surface area contributed by atoms with E-state index in [0.29, 0.717) is 5.54 Å². The van der Waals surface area contributed by atoms with Crippen LogP contribution in [-0.2, 0) is 12.0 Å². The van der Waals surface area contributed by atoms with E-state index in [1.54, 1.807) is 10.4 Å². The third-order valence-corrected chi connectivity index (χ3v) is 5.36. The summed E-state index contributed by atoms with van der Waals surface area (Å²) >= 11 is 1.96. The minimum Gasteiger partial charge on any atom is -0.307 e. The second-order valence-corrected chi connectivity index (χ2v) is 5.89. The summed E-state index contributed by atoms with van der Waals surface area (Å²) in [7, 11) is 0. The quantitative estimate of drug-likeness (QED) is 0.808. The van der Waals surface area contributed by atoms with Crippen molar-refractivity contribution < 1.29 is 0 Å². The third-order valence-electron chi connectivity index (χ3n) is 4.38. The minimum absolute atomic E-state index is 0.339. The zero-order chi connectivity index (χ0) is 10.3. The summed E-state index contributed by atoms with van der Waals surface area (Å²) in [5.41, 5.74) is 1.97. The van der Waals surface area contributed by atoms with E-state index in [0.717, 1.165) is 5.92 Å². The van der Waals surface area contributed by atoms with E-state index < -0.39 is 0 Å². The van der Waals surface area contributed by atoms with Crippen LogP contribution in [0.4, 0.5) is 0 Å². The maximum atomic E-state index is 3.83. The first-order chi connectivity index (χ1) is 7.37. The van der Waals surface area contributed by atoms with Gasteiger partial charge in [0.15, 0.2) is 0 Å². The Labute approximate surface area is 95.9 Å². The van der Waals surface area contributed by atoms with Gasteiger partial charge in [-0.2, -0.15) is 0 Å². The number of nitrogens with one attached hydrogen (secondary N) is 1. The van der Waals surface area contributed by atoms with Crippen LogP contribution in [0.1, 0.15) is 43.0 Å². The zero-order valence-electron chi connectivity index (χ0n) is 9.38. The van der Waals surface area contributed by atoms with Crippen LogP contribution in [0.25, 0.3) is 0 Å².